The van der Waals surface area contributed by atoms with Crippen molar-refractivity contribution in [1.82, 2.24) is 10.2 Å². The number of nitrogens with zero attached hydrogens (tertiary/aromatic N) is 2. The summed E-state index contributed by atoms with van der Waals surface area (Å²) in [7, 11) is -4.15. The van der Waals surface area contributed by atoms with E-state index in [4.69, 9.17) is 23.2 Å². The fourth-order valence-electron chi connectivity index (χ4n) is 4.50. The Balaban J connectivity index is 2.10. The van der Waals surface area contributed by atoms with Gasteiger partial charge in [-0.1, -0.05) is 79.9 Å². The van der Waals surface area contributed by atoms with Gasteiger partial charge in [0.1, 0.15) is 12.6 Å². The van der Waals surface area contributed by atoms with Crippen molar-refractivity contribution in [3.05, 3.63) is 93.5 Å². The molecule has 220 valence electrons. The maximum absolute atomic E-state index is 14.2. The van der Waals surface area contributed by atoms with E-state index in [1.807, 2.05) is 32.9 Å². The highest BCUT2D eigenvalue weighted by molar-refractivity contribution is 7.92. The maximum Gasteiger partial charge on any atom is 0.264 e. The van der Waals surface area contributed by atoms with Crippen LogP contribution in [0.5, 0.6) is 0 Å². The van der Waals surface area contributed by atoms with E-state index in [1.165, 1.54) is 17.0 Å². The third kappa shape index (κ3) is 8.03. The van der Waals surface area contributed by atoms with Crippen molar-refractivity contribution < 1.29 is 18.0 Å². The summed E-state index contributed by atoms with van der Waals surface area (Å²) in [6, 6.07) is 17.6. The van der Waals surface area contributed by atoms with Crippen LogP contribution in [-0.2, 0) is 26.2 Å². The molecular formula is C31H37Cl2N3O4S. The number of sulfonamides is 1. The molecule has 3 aromatic carbocycles. The smallest absolute Gasteiger partial charge is 0.264 e. The minimum Gasteiger partial charge on any atom is -0.354 e. The molecule has 0 heterocycles. The summed E-state index contributed by atoms with van der Waals surface area (Å²) in [6.07, 6.45) is 2.00. The third-order valence-corrected chi connectivity index (χ3v) is 9.33. The predicted molar refractivity (Wildman–Crippen MR) is 166 cm³/mol. The molecule has 3 rings (SSSR count). The molecule has 0 unspecified atom stereocenters. The molecule has 0 aliphatic carbocycles. The number of hydrogen-bond acceptors (Lipinski definition) is 4. The largest absolute Gasteiger partial charge is 0.354 e. The van der Waals surface area contributed by atoms with Crippen LogP contribution in [0.2, 0.25) is 10.0 Å². The first-order valence-corrected chi connectivity index (χ1v) is 15.9. The van der Waals surface area contributed by atoms with Gasteiger partial charge in [-0.3, -0.25) is 13.9 Å². The Bertz CT molecular complexity index is 1450. The van der Waals surface area contributed by atoms with Gasteiger partial charge in [-0.25, -0.2) is 8.42 Å². The molecule has 0 bridgehead atoms. The summed E-state index contributed by atoms with van der Waals surface area (Å²) in [5.41, 5.74) is 2.40. The van der Waals surface area contributed by atoms with Gasteiger partial charge in [0.05, 0.1) is 10.6 Å². The van der Waals surface area contributed by atoms with Crippen molar-refractivity contribution in [2.45, 2.75) is 64.4 Å². The summed E-state index contributed by atoms with van der Waals surface area (Å²) in [5.74, 6) is -0.874. The van der Waals surface area contributed by atoms with E-state index in [0.29, 0.717) is 39.8 Å². The Kier molecular flexibility index (Phi) is 11.6. The lowest BCUT2D eigenvalue weighted by Gasteiger charge is -2.34. The van der Waals surface area contributed by atoms with Crippen molar-refractivity contribution >= 4 is 50.7 Å². The molecule has 0 radical (unpaired) electrons. The first-order valence-electron chi connectivity index (χ1n) is 13.7. The normalized spacial score (nSPS) is 12.0. The molecule has 41 heavy (non-hydrogen) atoms. The second kappa shape index (κ2) is 14.7. The van der Waals surface area contributed by atoms with E-state index in [2.05, 4.69) is 5.32 Å². The Morgan fingerprint density at radius 1 is 0.927 bits per heavy atom. The first-order chi connectivity index (χ1) is 19.5. The molecule has 0 aromatic heterocycles. The highest BCUT2D eigenvalue weighted by atomic mass is 35.5. The number of carbonyl (C=O) groups is 2. The summed E-state index contributed by atoms with van der Waals surface area (Å²) in [6.45, 7) is 7.36. The molecule has 2 amide bonds. The van der Waals surface area contributed by atoms with Crippen LogP contribution in [0.15, 0.2) is 71.6 Å². The molecule has 0 aliphatic heterocycles. The average Bonchev–Trinajstić information content (AvgIpc) is 2.95. The van der Waals surface area contributed by atoms with Crippen LogP contribution in [-0.4, -0.2) is 44.3 Å². The summed E-state index contributed by atoms with van der Waals surface area (Å²) >= 11 is 12.9. The second-order valence-corrected chi connectivity index (χ2v) is 12.6. The molecule has 0 fully saturated rings. The van der Waals surface area contributed by atoms with Crippen LogP contribution in [0.3, 0.4) is 0 Å². The molecule has 1 atom stereocenters. The fourth-order valence-corrected chi connectivity index (χ4v) is 6.51. The lowest BCUT2D eigenvalue weighted by molar-refractivity contribution is -0.140. The number of unbranched alkanes of at least 4 members (excludes halogenated alkanes) is 1. The van der Waals surface area contributed by atoms with Gasteiger partial charge >= 0.3 is 0 Å². The van der Waals surface area contributed by atoms with E-state index in [1.54, 1.807) is 49.4 Å². The Labute approximate surface area is 253 Å². The van der Waals surface area contributed by atoms with Gasteiger partial charge in [-0.2, -0.15) is 0 Å². The number of nitrogens with one attached hydrogen (secondary N) is 1. The lowest BCUT2D eigenvalue weighted by Crippen LogP contribution is -2.52. The Morgan fingerprint density at radius 3 is 2.20 bits per heavy atom. The SMILES string of the molecule is CCCCNC(=O)[C@H](CC)N(Cc1c(Cl)cccc1Cl)C(=O)CN(c1cc(C)ccc1C)S(=O)(=O)c1ccccc1. The molecule has 10 heteroatoms. The monoisotopic (exact) mass is 617 g/mol. The number of anilines is 1. The first kappa shape index (κ1) is 32.4. The molecule has 0 saturated carbocycles. The van der Waals surface area contributed by atoms with Gasteiger partial charge in [0, 0.05) is 28.7 Å². The topological polar surface area (TPSA) is 86.8 Å². The lowest BCUT2D eigenvalue weighted by atomic mass is 10.1. The van der Waals surface area contributed by atoms with Crippen LogP contribution in [0.1, 0.15) is 49.8 Å². The van der Waals surface area contributed by atoms with Crippen molar-refractivity contribution in [2.24, 2.45) is 0 Å². The maximum atomic E-state index is 14.2. The molecule has 3 aromatic rings. The highest BCUT2D eigenvalue weighted by Crippen LogP contribution is 2.30. The van der Waals surface area contributed by atoms with E-state index < -0.39 is 28.5 Å². The van der Waals surface area contributed by atoms with Crippen LogP contribution in [0, 0.1) is 13.8 Å². The quantitative estimate of drug-likeness (QED) is 0.221. The number of carbonyl (C=O) groups excluding carboxylic acids is 2. The van der Waals surface area contributed by atoms with Crippen molar-refractivity contribution in [1.29, 1.82) is 0 Å². The molecule has 1 N–H and O–H groups in total. The molecular weight excluding hydrogens is 581 g/mol. The number of aryl methyl sites for hydroxylation is 2. The van der Waals surface area contributed by atoms with Gasteiger partial charge in [-0.15, -0.1) is 0 Å². The van der Waals surface area contributed by atoms with Crippen molar-refractivity contribution in [2.75, 3.05) is 17.4 Å². The van der Waals surface area contributed by atoms with E-state index in [9.17, 15) is 18.0 Å². The Morgan fingerprint density at radius 2 is 1.59 bits per heavy atom. The number of hydrogen-bond donors (Lipinski definition) is 1. The minimum absolute atomic E-state index is 0.0544. The van der Waals surface area contributed by atoms with Crippen LogP contribution < -0.4 is 9.62 Å². The second-order valence-electron chi connectivity index (χ2n) is 9.91. The predicted octanol–water partition coefficient (Wildman–Crippen LogP) is 6.53. The van der Waals surface area contributed by atoms with Gasteiger partial charge in [0.25, 0.3) is 10.0 Å². The number of rotatable bonds is 13. The number of amides is 2. The standard InChI is InChI=1S/C31H37Cl2N3O4S/c1-5-7-18-34-31(38)28(6-2)35(20-25-26(32)14-11-15-27(25)33)30(37)21-36(29-19-22(3)16-17-23(29)4)41(39,40)24-12-9-8-10-13-24/h8-17,19,28H,5-7,18,20-21H2,1-4H3,(H,34,38)/t28-/m0/s1. The van der Waals surface area contributed by atoms with Gasteiger partial charge in [-0.05, 0) is 68.1 Å². The zero-order valence-electron chi connectivity index (χ0n) is 23.9. The van der Waals surface area contributed by atoms with E-state index >= 15 is 0 Å². The molecule has 7 nitrogen and oxygen atoms in total. The zero-order chi connectivity index (χ0) is 30.2. The zero-order valence-corrected chi connectivity index (χ0v) is 26.2. The van der Waals surface area contributed by atoms with Crippen LogP contribution >= 0.6 is 23.2 Å². The number of halogens is 2. The Hall–Kier alpha value is -3.07. The summed E-state index contributed by atoms with van der Waals surface area (Å²) < 4.78 is 29.1. The molecule has 0 aliphatic rings. The molecule has 0 spiro atoms. The number of benzene rings is 3. The van der Waals surface area contributed by atoms with Gasteiger partial charge < -0.3 is 10.2 Å². The minimum atomic E-state index is -4.15. The van der Waals surface area contributed by atoms with Gasteiger partial charge in [0.2, 0.25) is 11.8 Å². The average molecular weight is 619 g/mol. The summed E-state index contributed by atoms with van der Waals surface area (Å²) in [5, 5.41) is 3.61. The van der Waals surface area contributed by atoms with Gasteiger partial charge in [0.15, 0.2) is 0 Å². The van der Waals surface area contributed by atoms with Crippen LogP contribution in [0.4, 0.5) is 5.69 Å². The fraction of sp³-hybridized carbons (Fsp3) is 0.355. The van der Waals surface area contributed by atoms with E-state index in [0.717, 1.165) is 22.7 Å². The van der Waals surface area contributed by atoms with Crippen molar-refractivity contribution in [3.63, 3.8) is 0 Å². The van der Waals surface area contributed by atoms with Crippen molar-refractivity contribution in [3.8, 4) is 0 Å². The third-order valence-electron chi connectivity index (χ3n) is 6.85. The highest BCUT2D eigenvalue weighted by Gasteiger charge is 2.34. The molecule has 0 saturated heterocycles. The summed E-state index contributed by atoms with van der Waals surface area (Å²) in [4.78, 5) is 29.0. The van der Waals surface area contributed by atoms with E-state index in [-0.39, 0.29) is 17.3 Å². The van der Waals surface area contributed by atoms with Crippen LogP contribution in [0.25, 0.3) is 0 Å².